The second-order valence-electron chi connectivity index (χ2n) is 16.5. The third kappa shape index (κ3) is 36.9. The lowest BCUT2D eigenvalue weighted by Gasteiger charge is -2.21. The number of azide groups is 3. The van der Waals surface area contributed by atoms with E-state index < -0.39 is 42.3 Å². The van der Waals surface area contributed by atoms with Gasteiger partial charge in [0.15, 0.2) is 0 Å². The van der Waals surface area contributed by atoms with Gasteiger partial charge in [0.25, 0.3) is 0 Å². The lowest BCUT2D eigenvalue weighted by Crippen LogP contribution is -2.28. The van der Waals surface area contributed by atoms with E-state index >= 15 is 0 Å². The molecule has 0 amide bonds. The maximum atomic E-state index is 11.8. The minimum Gasteiger partial charge on any atom is -0.394 e. The number of aliphatic hydroxyl groups excluding tert-OH is 2. The highest BCUT2D eigenvalue weighted by molar-refractivity contribution is 8.77. The predicted molar refractivity (Wildman–Crippen MR) is 303 cm³/mol. The Kier molecular flexibility index (Phi) is 39.6. The molecule has 6 N–H and O–H groups in total. The Balaban J connectivity index is -0.000000504. The minimum absolute atomic E-state index is 0. The highest BCUT2D eigenvalue weighted by Crippen LogP contribution is 2.66. The van der Waals surface area contributed by atoms with E-state index in [0.717, 1.165) is 62.2 Å². The predicted octanol–water partition coefficient (Wildman–Crippen LogP) is 11.4. The molecule has 0 aromatic heterocycles. The van der Waals surface area contributed by atoms with Crippen molar-refractivity contribution in [3.63, 3.8) is 0 Å². The van der Waals surface area contributed by atoms with Crippen molar-refractivity contribution in [2.24, 2.45) is 15.3 Å². The molecule has 0 bridgehead atoms. The van der Waals surface area contributed by atoms with Crippen molar-refractivity contribution in [1.29, 1.82) is 0 Å². The topological polar surface area (TPSA) is 411 Å². The van der Waals surface area contributed by atoms with Gasteiger partial charge in [0, 0.05) is 86.1 Å². The van der Waals surface area contributed by atoms with Crippen molar-refractivity contribution in [3.05, 3.63) is 31.3 Å². The third-order valence-corrected chi connectivity index (χ3v) is 20.5. The van der Waals surface area contributed by atoms with Crippen LogP contribution in [0.25, 0.3) is 31.3 Å². The van der Waals surface area contributed by atoms with Gasteiger partial charge < -0.3 is 62.9 Å². The Morgan fingerprint density at radius 2 is 0.947 bits per heavy atom. The van der Waals surface area contributed by atoms with Gasteiger partial charge in [-0.1, -0.05) is 94.0 Å². The number of aliphatic hydroxyl groups is 2. The van der Waals surface area contributed by atoms with Crippen LogP contribution in [0.2, 0.25) is 0 Å². The fourth-order valence-electron chi connectivity index (χ4n) is 7.07. The van der Waals surface area contributed by atoms with Gasteiger partial charge in [-0.2, -0.15) is 8.62 Å². The Morgan fingerprint density at radius 1 is 0.573 bits per heavy atom. The fraction of sp³-hybridized carbons (Fsp3) is 1.00. The van der Waals surface area contributed by atoms with Gasteiger partial charge in [-0.25, -0.2) is 13.7 Å². The Hall–Kier alpha value is 0.0800. The SMILES string of the molecule is CC[C@H]1O[C@@H](C)CC1O.CC[C@H]1O[C@@H](C)CC1OCSSCCCN=[N+]=[N-].C[C@H]1CC(OCSSCCCN=[N+]=[N-])[C@@H](CO)O1.C[C@H]1CC(OCSSCCCN=[N+]=[N-])[C@@H](COP(=O)(O)OP(=O)(O)OP(=O)(O)O)O1.[2HH].[2HH].[2H][2H].[2H][2H]. The summed E-state index contributed by atoms with van der Waals surface area (Å²) in [5.41, 5.74) is 24.4. The summed E-state index contributed by atoms with van der Waals surface area (Å²) in [6.45, 7) is 13.0. The zero-order valence-electron chi connectivity index (χ0n) is 46.9. The summed E-state index contributed by atoms with van der Waals surface area (Å²) in [5, 5.41) is 28.7. The monoisotopic (exact) mass is 1260 g/mol. The van der Waals surface area contributed by atoms with Gasteiger partial charge in [0.1, 0.15) is 30.0 Å². The Bertz CT molecular complexity index is 1820. The lowest BCUT2D eigenvalue weighted by molar-refractivity contribution is -0.0333. The van der Waals surface area contributed by atoms with E-state index in [0.29, 0.717) is 50.5 Å². The first-order valence-electron chi connectivity index (χ1n) is 25.9. The molecule has 37 heteroatoms. The van der Waals surface area contributed by atoms with Crippen LogP contribution < -0.4 is 0 Å². The molecule has 6 unspecified atom stereocenters. The van der Waals surface area contributed by atoms with Gasteiger partial charge in [0.05, 0.1) is 74.3 Å². The van der Waals surface area contributed by atoms with Crippen molar-refractivity contribution in [2.75, 3.05) is 67.9 Å². The number of nitrogens with zero attached hydrogens (tertiary/aromatic N) is 9. The normalized spacial score (nSPS) is 28.9. The molecular weight excluding hydrogens is 1170 g/mol. The molecule has 4 saturated heterocycles. The molecule has 0 aromatic carbocycles. The van der Waals surface area contributed by atoms with Crippen molar-refractivity contribution >= 4 is 88.2 Å². The Labute approximate surface area is 471 Å². The van der Waals surface area contributed by atoms with Crippen LogP contribution in [0.5, 0.6) is 0 Å². The fourth-order valence-corrected chi connectivity index (χ4v) is 15.3. The first-order valence-corrected chi connectivity index (χ1v) is 35.9. The van der Waals surface area contributed by atoms with E-state index in [1.54, 1.807) is 50.1 Å². The number of rotatable bonds is 34. The average Bonchev–Trinajstić information content (AvgIpc) is 4.16. The molecule has 446 valence electrons. The van der Waals surface area contributed by atoms with E-state index in [1.807, 2.05) is 20.8 Å². The van der Waals surface area contributed by atoms with E-state index in [2.05, 4.69) is 57.1 Å². The van der Waals surface area contributed by atoms with Crippen LogP contribution in [0.3, 0.4) is 0 Å². The highest BCUT2D eigenvalue weighted by atomic mass is 33.1. The highest BCUT2D eigenvalue weighted by Gasteiger charge is 2.43. The molecule has 4 heterocycles. The average molecular weight is 1260 g/mol. The van der Waals surface area contributed by atoms with Crippen LogP contribution in [-0.2, 0) is 60.0 Å². The van der Waals surface area contributed by atoms with E-state index in [1.165, 1.54) is 21.6 Å². The summed E-state index contributed by atoms with van der Waals surface area (Å²) in [6.07, 6.45) is 6.97. The van der Waals surface area contributed by atoms with Crippen LogP contribution in [-0.4, -0.2) is 171 Å². The van der Waals surface area contributed by atoms with Crippen molar-refractivity contribution in [2.45, 2.75) is 173 Å². The molecule has 4 fully saturated rings. The van der Waals surface area contributed by atoms with Crippen LogP contribution in [0.15, 0.2) is 15.3 Å². The number of hydrogen-bond donors (Lipinski definition) is 6. The van der Waals surface area contributed by atoms with Gasteiger partial charge in [-0.05, 0) is 76.4 Å². The maximum Gasteiger partial charge on any atom is 0.490 e. The van der Waals surface area contributed by atoms with E-state index in [9.17, 15) is 23.7 Å². The molecular formula is C38H84N9O19P3S6. The maximum absolute atomic E-state index is 11.8. The summed E-state index contributed by atoms with van der Waals surface area (Å²) in [6, 6.07) is 0. The molecule has 4 aliphatic rings. The summed E-state index contributed by atoms with van der Waals surface area (Å²) >= 11 is 0. The zero-order valence-corrected chi connectivity index (χ0v) is 50.5. The molecule has 14 atom stereocenters. The zero-order chi connectivity index (χ0) is 60.1. The summed E-state index contributed by atoms with van der Waals surface area (Å²) in [7, 11) is -6.49. The first-order chi connectivity index (χ1) is 37.6. The lowest BCUT2D eigenvalue weighted by atomic mass is 10.1. The number of phosphoric acid groups is 3. The molecule has 0 radical (unpaired) electrons. The summed E-state index contributed by atoms with van der Waals surface area (Å²) in [4.78, 5) is 43.7. The van der Waals surface area contributed by atoms with Gasteiger partial charge in [-0.3, -0.25) is 4.52 Å². The van der Waals surface area contributed by atoms with Crippen molar-refractivity contribution in [3.8, 4) is 0 Å². The second kappa shape index (κ2) is 42.9. The summed E-state index contributed by atoms with van der Waals surface area (Å²) in [5.74, 6) is 4.24. The first kappa shape index (κ1) is 69.3. The standard InChI is InChI=1S/C11H21N3O2S2.C10H22N3O12P3S2.C10H19N3O3S2.C7H14O2.4H2/c1-3-10-11(7-9(2)16-10)15-8-18-17-6-4-5-13-14-12;1-8-5-9(21-7-30-29-4-2-3-12-13-11)10(23-8)6-22-27(17,18)25-28(19,20)24-26(14,15)16;1-8-5-9(10(6-14)16-8)15-7-18-17-4-2-3-12-13-11;1-3-7-6(8)4-5(2)9-7;;;;/h9-11H,3-8H2,1-2H3;8-10H,2-7H2,1H3,(H,17,18)(H,19,20)(H2,14,15,16);8-10,14H,2-7H2,1H3;5-8H,3-4H2,1-2H3;4*1H/t9-,10+,11?;2*8-,9?,10+;5-,6?,7+;;;;/m0000..../s1/i;;;;2*1+1D;2*1+1. The van der Waals surface area contributed by atoms with Crippen molar-refractivity contribution in [1.82, 2.24) is 0 Å². The quantitative estimate of drug-likeness (QED) is 0.00663. The smallest absolute Gasteiger partial charge is 0.394 e. The second-order valence-corrected chi connectivity index (χ2v) is 28.6. The van der Waals surface area contributed by atoms with Gasteiger partial charge in [0.2, 0.25) is 0 Å². The van der Waals surface area contributed by atoms with E-state index in [4.69, 9.17) is 75.5 Å². The molecule has 4 aliphatic heterocycles. The molecule has 0 spiro atoms. The van der Waals surface area contributed by atoms with Crippen LogP contribution in [0.1, 0.15) is 108 Å². The minimum atomic E-state index is -5.57. The van der Waals surface area contributed by atoms with Crippen LogP contribution >= 0.6 is 88.2 Å². The molecule has 0 saturated carbocycles. The van der Waals surface area contributed by atoms with E-state index in [-0.39, 0.29) is 70.3 Å². The van der Waals surface area contributed by atoms with Crippen molar-refractivity contribution < 1.29 is 98.6 Å². The van der Waals surface area contributed by atoms with Gasteiger partial charge >= 0.3 is 23.5 Å². The Morgan fingerprint density at radius 3 is 1.31 bits per heavy atom. The molecule has 4 rings (SSSR count). The number of phosphoric ester groups is 1. The summed E-state index contributed by atoms with van der Waals surface area (Å²) < 4.78 is 105. The number of hydrogen-bond acceptors (Lipinski definition) is 24. The molecule has 75 heavy (non-hydrogen) atoms. The largest absolute Gasteiger partial charge is 0.490 e. The molecule has 0 aliphatic carbocycles. The third-order valence-electron chi connectivity index (χ3n) is 10.3. The molecule has 28 nitrogen and oxygen atoms in total. The van der Waals surface area contributed by atoms with Gasteiger partial charge in [-0.15, -0.1) is 0 Å². The van der Waals surface area contributed by atoms with Crippen LogP contribution in [0, 0.1) is 0 Å². The molecule has 0 aromatic rings. The van der Waals surface area contributed by atoms with Crippen LogP contribution in [0.4, 0.5) is 0 Å². The number of ether oxygens (including phenoxy) is 7.